The number of nitrogens with one attached hydrogen (secondary N) is 3. The van der Waals surface area contributed by atoms with Crippen LogP contribution in [0.1, 0.15) is 90.3 Å². The largest absolute Gasteiger partial charge is 0.481 e. The summed E-state index contributed by atoms with van der Waals surface area (Å²) in [6, 6.07) is 22.4. The lowest BCUT2D eigenvalue weighted by atomic mass is 9.95. The fraction of sp³-hybridized carbons (Fsp3) is 0.325. The second-order valence-electron chi connectivity index (χ2n) is 13.3. The Morgan fingerprint density at radius 1 is 0.769 bits per heavy atom. The zero-order chi connectivity index (χ0) is 36.6. The summed E-state index contributed by atoms with van der Waals surface area (Å²) in [6.07, 6.45) is 6.73. The Labute approximate surface area is 306 Å². The summed E-state index contributed by atoms with van der Waals surface area (Å²) in [6.45, 7) is 1.49. The predicted octanol–water partition coefficient (Wildman–Crippen LogP) is 6.17. The normalized spacial score (nSPS) is 13.6. The molecule has 1 fully saturated rings. The highest BCUT2D eigenvalue weighted by Crippen LogP contribution is 2.39. The van der Waals surface area contributed by atoms with Crippen LogP contribution in [-0.2, 0) is 41.8 Å². The fourth-order valence-corrected chi connectivity index (χ4v) is 7.82. The van der Waals surface area contributed by atoms with Crippen molar-refractivity contribution in [2.75, 3.05) is 23.7 Å². The minimum absolute atomic E-state index is 0.259. The highest BCUT2D eigenvalue weighted by Gasteiger charge is 2.29. The minimum Gasteiger partial charge on any atom is -0.481 e. The molecule has 1 aromatic heterocycles. The van der Waals surface area contributed by atoms with Crippen molar-refractivity contribution in [2.24, 2.45) is 0 Å². The number of carbonyl (C=O) groups excluding carboxylic acids is 3. The third-order valence-electron chi connectivity index (χ3n) is 9.41. The Balaban J connectivity index is 1.09. The summed E-state index contributed by atoms with van der Waals surface area (Å²) in [5.41, 5.74) is 5.99. The molecule has 0 unspecified atom stereocenters. The van der Waals surface area contributed by atoms with E-state index in [9.17, 15) is 24.0 Å². The van der Waals surface area contributed by atoms with Gasteiger partial charge in [-0.3, -0.25) is 24.1 Å². The van der Waals surface area contributed by atoms with Crippen LogP contribution in [0.2, 0.25) is 0 Å². The minimum atomic E-state index is -1.16. The summed E-state index contributed by atoms with van der Waals surface area (Å²) in [4.78, 5) is 64.5. The Hall–Kier alpha value is -5.33. The SMILES string of the molecule is O=C(O)CC(=O)NCCN(Cc1cccc(C(=O)Nc2sc3c(c2C(=O)Nc2ccc(CCc4ccc(C(=O)O)cc4)cc2)CCCC3)c1)C1CC1. The number of aliphatic carboxylic acids is 1. The highest BCUT2D eigenvalue weighted by molar-refractivity contribution is 7.17. The van der Waals surface area contributed by atoms with Crippen molar-refractivity contribution in [1.82, 2.24) is 10.2 Å². The third-order valence-corrected chi connectivity index (χ3v) is 10.6. The lowest BCUT2D eigenvalue weighted by Gasteiger charge is -2.22. The van der Waals surface area contributed by atoms with E-state index < -0.39 is 24.3 Å². The second-order valence-corrected chi connectivity index (χ2v) is 14.4. The Morgan fingerprint density at radius 3 is 2.13 bits per heavy atom. The number of thiophene rings is 1. The van der Waals surface area contributed by atoms with Crippen LogP contribution in [0.3, 0.4) is 0 Å². The number of fused-ring (bicyclic) bond motifs is 1. The van der Waals surface area contributed by atoms with Gasteiger partial charge in [0.25, 0.3) is 11.8 Å². The van der Waals surface area contributed by atoms with Crippen molar-refractivity contribution in [3.8, 4) is 0 Å². The van der Waals surface area contributed by atoms with Gasteiger partial charge in [0.05, 0.1) is 11.1 Å². The first-order valence-corrected chi connectivity index (χ1v) is 18.4. The number of aromatic carboxylic acids is 1. The molecule has 5 N–H and O–H groups in total. The van der Waals surface area contributed by atoms with Crippen LogP contribution in [0.5, 0.6) is 0 Å². The number of hydrogen-bond acceptors (Lipinski definition) is 7. The van der Waals surface area contributed by atoms with Gasteiger partial charge in [0.15, 0.2) is 0 Å². The monoisotopic (exact) mass is 722 g/mol. The molecule has 2 aliphatic carbocycles. The molecule has 11 nitrogen and oxygen atoms in total. The molecule has 2 aliphatic rings. The van der Waals surface area contributed by atoms with Crippen LogP contribution in [0, 0.1) is 0 Å². The first-order valence-electron chi connectivity index (χ1n) is 17.6. The van der Waals surface area contributed by atoms with Crippen LogP contribution in [-0.4, -0.2) is 63.9 Å². The lowest BCUT2D eigenvalue weighted by molar-refractivity contribution is -0.140. The number of benzene rings is 3. The molecule has 270 valence electrons. The summed E-state index contributed by atoms with van der Waals surface area (Å²) in [5, 5.41) is 27.3. The van der Waals surface area contributed by atoms with Gasteiger partial charge in [0.1, 0.15) is 11.4 Å². The summed E-state index contributed by atoms with van der Waals surface area (Å²) in [5.74, 6) is -3.18. The molecule has 0 bridgehead atoms. The van der Waals surface area contributed by atoms with Gasteiger partial charge in [0, 0.05) is 41.8 Å². The van der Waals surface area contributed by atoms with Gasteiger partial charge >= 0.3 is 11.9 Å². The maximum Gasteiger partial charge on any atom is 0.335 e. The average molecular weight is 723 g/mol. The topological polar surface area (TPSA) is 165 Å². The van der Waals surface area contributed by atoms with Gasteiger partial charge < -0.3 is 26.2 Å². The number of aryl methyl sites for hydroxylation is 3. The Bertz CT molecular complexity index is 1950. The van der Waals surface area contributed by atoms with Crippen molar-refractivity contribution in [2.45, 2.75) is 70.4 Å². The molecule has 3 aromatic carbocycles. The number of carbonyl (C=O) groups is 5. The van der Waals surface area contributed by atoms with E-state index in [0.29, 0.717) is 47.5 Å². The fourth-order valence-electron chi connectivity index (χ4n) is 6.54. The number of amides is 3. The summed E-state index contributed by atoms with van der Waals surface area (Å²) < 4.78 is 0. The van der Waals surface area contributed by atoms with E-state index in [2.05, 4.69) is 20.9 Å². The molecule has 1 heterocycles. The van der Waals surface area contributed by atoms with E-state index in [1.165, 1.54) is 11.3 Å². The average Bonchev–Trinajstić information content (AvgIpc) is 3.91. The molecule has 0 spiro atoms. The summed E-state index contributed by atoms with van der Waals surface area (Å²) >= 11 is 1.47. The molecule has 1 saturated carbocycles. The van der Waals surface area contributed by atoms with Gasteiger partial charge in [-0.1, -0.05) is 36.4 Å². The van der Waals surface area contributed by atoms with Crippen LogP contribution in [0.4, 0.5) is 10.7 Å². The quantitative estimate of drug-likeness (QED) is 0.0857. The molecule has 3 amide bonds. The van der Waals surface area contributed by atoms with E-state index in [4.69, 9.17) is 10.2 Å². The Morgan fingerprint density at radius 2 is 1.46 bits per heavy atom. The van der Waals surface area contributed by atoms with Crippen LogP contribution < -0.4 is 16.0 Å². The van der Waals surface area contributed by atoms with Gasteiger partial charge in [-0.15, -0.1) is 11.3 Å². The maximum atomic E-state index is 13.8. The lowest BCUT2D eigenvalue weighted by Crippen LogP contribution is -2.36. The molecule has 0 radical (unpaired) electrons. The molecular formula is C40H42N4O7S. The zero-order valence-electron chi connectivity index (χ0n) is 28.8. The highest BCUT2D eigenvalue weighted by atomic mass is 32.1. The van der Waals surface area contributed by atoms with Crippen molar-refractivity contribution >= 4 is 51.7 Å². The number of carboxylic acids is 2. The second kappa shape index (κ2) is 16.8. The molecule has 12 heteroatoms. The van der Waals surface area contributed by atoms with Crippen LogP contribution in [0.25, 0.3) is 0 Å². The van der Waals surface area contributed by atoms with Gasteiger partial charge in [0.2, 0.25) is 5.91 Å². The predicted molar refractivity (Wildman–Crippen MR) is 199 cm³/mol. The molecule has 4 aromatic rings. The molecule has 0 aliphatic heterocycles. The summed E-state index contributed by atoms with van der Waals surface area (Å²) in [7, 11) is 0. The van der Waals surface area contributed by atoms with E-state index in [-0.39, 0.29) is 17.4 Å². The van der Waals surface area contributed by atoms with Crippen molar-refractivity contribution in [1.29, 1.82) is 0 Å². The number of carboxylic acid groups (broad SMARTS) is 2. The smallest absolute Gasteiger partial charge is 0.335 e. The zero-order valence-corrected chi connectivity index (χ0v) is 29.6. The molecule has 6 rings (SSSR count). The van der Waals surface area contributed by atoms with Crippen molar-refractivity contribution in [3.05, 3.63) is 117 Å². The van der Waals surface area contributed by atoms with Gasteiger partial charge in [-0.05, 0) is 110 Å². The molecular weight excluding hydrogens is 681 g/mol. The number of anilines is 2. The standard InChI is InChI=1S/C40H42N4O7S/c45-34(23-35(46)47)41-20-21-44(31-18-19-31)24-27-4-3-5-29(22-27)37(48)43-39-36(32-6-1-2-7-33(32)52-39)38(49)42-30-16-12-26(13-17-30)9-8-25-10-14-28(15-11-25)40(50)51/h3-5,10-17,22,31H,1-2,6-9,18-21,23-24H2,(H,41,45)(H,42,49)(H,43,48)(H,46,47)(H,50,51). The molecule has 0 atom stereocenters. The Kier molecular flexibility index (Phi) is 11.8. The van der Waals surface area contributed by atoms with Gasteiger partial charge in [-0.25, -0.2) is 4.79 Å². The van der Waals surface area contributed by atoms with Crippen molar-refractivity contribution in [3.63, 3.8) is 0 Å². The van der Waals surface area contributed by atoms with E-state index in [1.54, 1.807) is 18.2 Å². The maximum absolute atomic E-state index is 13.8. The van der Waals surface area contributed by atoms with E-state index >= 15 is 0 Å². The first-order chi connectivity index (χ1) is 25.1. The molecule has 0 saturated heterocycles. The van der Waals surface area contributed by atoms with E-state index in [0.717, 1.165) is 78.5 Å². The number of nitrogens with zero attached hydrogens (tertiary/aromatic N) is 1. The van der Waals surface area contributed by atoms with Crippen LogP contribution >= 0.6 is 11.3 Å². The number of rotatable bonds is 16. The van der Waals surface area contributed by atoms with E-state index in [1.807, 2.05) is 54.6 Å². The van der Waals surface area contributed by atoms with Gasteiger partial charge in [-0.2, -0.15) is 0 Å². The first kappa shape index (κ1) is 36.5. The third kappa shape index (κ3) is 9.71. The van der Waals surface area contributed by atoms with Crippen molar-refractivity contribution < 1.29 is 34.2 Å². The number of hydrogen-bond donors (Lipinski definition) is 5. The van der Waals surface area contributed by atoms with Crippen LogP contribution in [0.15, 0.2) is 72.8 Å². The molecule has 52 heavy (non-hydrogen) atoms.